The highest BCUT2D eigenvalue weighted by molar-refractivity contribution is 14.0. The first-order valence-corrected chi connectivity index (χ1v) is 8.11. The molecule has 5 nitrogen and oxygen atoms in total. The van der Waals surface area contributed by atoms with Crippen molar-refractivity contribution >= 4 is 29.9 Å². The number of rotatable bonds is 8. The standard InChI is InChI=1S/C19H24FN3O2.HI/c1-24-17-9-8-15(12-18(17)25-2)13-23-19(21)22-10-4-6-14-5-3-7-16(20)11-14;/h3,5,7-9,11-12H,4,6,10,13H2,1-2H3,(H3,21,22,23);1H. The van der Waals surface area contributed by atoms with Crippen LogP contribution in [-0.4, -0.2) is 26.7 Å². The van der Waals surface area contributed by atoms with Crippen LogP contribution in [0.4, 0.5) is 4.39 Å². The van der Waals surface area contributed by atoms with Gasteiger partial charge in [0.05, 0.1) is 20.8 Å². The van der Waals surface area contributed by atoms with Crippen LogP contribution in [0.15, 0.2) is 47.5 Å². The van der Waals surface area contributed by atoms with Gasteiger partial charge < -0.3 is 20.5 Å². The number of aryl methyl sites for hydroxylation is 1. The summed E-state index contributed by atoms with van der Waals surface area (Å²) >= 11 is 0. The molecule has 2 aromatic rings. The Labute approximate surface area is 170 Å². The van der Waals surface area contributed by atoms with Gasteiger partial charge in [-0.3, -0.25) is 0 Å². The Balaban J connectivity index is 0.00000338. The van der Waals surface area contributed by atoms with E-state index < -0.39 is 0 Å². The molecule has 0 spiro atoms. The van der Waals surface area contributed by atoms with Crippen LogP contribution < -0.4 is 20.5 Å². The molecule has 26 heavy (non-hydrogen) atoms. The smallest absolute Gasteiger partial charge is 0.188 e. The van der Waals surface area contributed by atoms with E-state index in [1.165, 1.54) is 6.07 Å². The number of nitrogens with one attached hydrogen (secondary N) is 1. The zero-order valence-corrected chi connectivity index (χ0v) is 17.3. The second-order valence-corrected chi connectivity index (χ2v) is 5.55. The molecule has 0 fully saturated rings. The van der Waals surface area contributed by atoms with Crippen molar-refractivity contribution in [3.8, 4) is 11.5 Å². The molecule has 2 aromatic carbocycles. The molecule has 2 rings (SSSR count). The van der Waals surface area contributed by atoms with E-state index >= 15 is 0 Å². The summed E-state index contributed by atoms with van der Waals surface area (Å²) in [6.45, 7) is 1.13. The van der Waals surface area contributed by atoms with E-state index in [0.717, 1.165) is 24.0 Å². The van der Waals surface area contributed by atoms with E-state index in [0.29, 0.717) is 30.5 Å². The fraction of sp³-hybridized carbons (Fsp3) is 0.316. The van der Waals surface area contributed by atoms with Crippen LogP contribution in [0.2, 0.25) is 0 Å². The van der Waals surface area contributed by atoms with Gasteiger partial charge in [-0.05, 0) is 48.2 Å². The van der Waals surface area contributed by atoms with Crippen LogP contribution in [0, 0.1) is 5.82 Å². The molecule has 0 saturated carbocycles. The van der Waals surface area contributed by atoms with Crippen molar-refractivity contribution in [1.29, 1.82) is 0 Å². The molecular weight excluding hydrogens is 448 g/mol. The van der Waals surface area contributed by atoms with Gasteiger partial charge in [-0.2, -0.15) is 0 Å². The van der Waals surface area contributed by atoms with Crippen LogP contribution in [0.25, 0.3) is 0 Å². The van der Waals surface area contributed by atoms with Crippen molar-refractivity contribution in [3.63, 3.8) is 0 Å². The Kier molecular flexibility index (Phi) is 9.79. The van der Waals surface area contributed by atoms with Crippen LogP contribution in [0.5, 0.6) is 11.5 Å². The predicted octanol–water partition coefficient (Wildman–Crippen LogP) is 3.50. The quantitative estimate of drug-likeness (QED) is 0.267. The molecule has 0 bridgehead atoms. The number of aliphatic imine (C=N–C) groups is 1. The van der Waals surface area contributed by atoms with E-state index in [4.69, 9.17) is 15.2 Å². The minimum Gasteiger partial charge on any atom is -0.493 e. The Bertz CT molecular complexity index is 726. The second kappa shape index (κ2) is 11.6. The van der Waals surface area contributed by atoms with Gasteiger partial charge in [-0.1, -0.05) is 18.2 Å². The molecule has 0 amide bonds. The maximum Gasteiger partial charge on any atom is 0.188 e. The number of hydrogen-bond donors (Lipinski definition) is 2. The maximum atomic E-state index is 13.1. The zero-order chi connectivity index (χ0) is 18.1. The van der Waals surface area contributed by atoms with E-state index in [-0.39, 0.29) is 29.8 Å². The number of hydrogen-bond acceptors (Lipinski definition) is 3. The lowest BCUT2D eigenvalue weighted by Crippen LogP contribution is -2.32. The molecule has 0 aromatic heterocycles. The van der Waals surface area contributed by atoms with E-state index in [9.17, 15) is 4.39 Å². The molecule has 0 radical (unpaired) electrons. The molecule has 0 aliphatic rings. The average molecular weight is 473 g/mol. The number of ether oxygens (including phenoxy) is 2. The third kappa shape index (κ3) is 7.07. The zero-order valence-electron chi connectivity index (χ0n) is 15.0. The van der Waals surface area contributed by atoms with Crippen LogP contribution in [0.1, 0.15) is 17.5 Å². The van der Waals surface area contributed by atoms with Gasteiger partial charge in [0, 0.05) is 6.54 Å². The van der Waals surface area contributed by atoms with E-state index in [2.05, 4.69) is 10.3 Å². The first kappa shape index (κ1) is 22.0. The first-order valence-electron chi connectivity index (χ1n) is 8.11. The molecule has 3 N–H and O–H groups in total. The summed E-state index contributed by atoms with van der Waals surface area (Å²) in [6.07, 6.45) is 1.63. The molecule has 0 atom stereocenters. The molecule has 142 valence electrons. The second-order valence-electron chi connectivity index (χ2n) is 5.55. The molecule has 0 aliphatic carbocycles. The summed E-state index contributed by atoms with van der Waals surface area (Å²) in [5, 5.41) is 3.07. The number of guanidine groups is 1. The summed E-state index contributed by atoms with van der Waals surface area (Å²) in [5.74, 6) is 1.52. The van der Waals surface area contributed by atoms with Gasteiger partial charge in [0.2, 0.25) is 0 Å². The predicted molar refractivity (Wildman–Crippen MR) is 113 cm³/mol. The van der Waals surface area contributed by atoms with Crippen molar-refractivity contribution in [1.82, 2.24) is 5.32 Å². The van der Waals surface area contributed by atoms with Crippen LogP contribution in [0.3, 0.4) is 0 Å². The first-order chi connectivity index (χ1) is 12.1. The van der Waals surface area contributed by atoms with Gasteiger partial charge in [-0.25, -0.2) is 9.38 Å². The Morgan fingerprint density at radius 2 is 1.85 bits per heavy atom. The summed E-state index contributed by atoms with van der Waals surface area (Å²) < 4.78 is 23.6. The van der Waals surface area contributed by atoms with Gasteiger partial charge in [-0.15, -0.1) is 24.0 Å². The number of nitrogens with zero attached hydrogens (tertiary/aromatic N) is 1. The molecular formula is C19H25FIN3O2. The van der Waals surface area contributed by atoms with E-state index in [1.807, 2.05) is 24.3 Å². The monoisotopic (exact) mass is 473 g/mol. The fourth-order valence-corrected chi connectivity index (χ4v) is 2.41. The SMILES string of the molecule is COc1ccc(CN=C(N)NCCCc2cccc(F)c2)cc1OC.I. The summed E-state index contributed by atoms with van der Waals surface area (Å²) in [4.78, 5) is 4.31. The number of methoxy groups -OCH3 is 2. The lowest BCUT2D eigenvalue weighted by Gasteiger charge is -2.09. The van der Waals surface area contributed by atoms with Crippen molar-refractivity contribution in [3.05, 3.63) is 59.4 Å². The third-order valence-corrected chi connectivity index (χ3v) is 3.72. The minimum atomic E-state index is -0.207. The lowest BCUT2D eigenvalue weighted by atomic mass is 10.1. The van der Waals surface area contributed by atoms with Gasteiger partial charge in [0.25, 0.3) is 0 Å². The van der Waals surface area contributed by atoms with Gasteiger partial charge in [0.15, 0.2) is 17.5 Å². The molecule has 0 aliphatic heterocycles. The van der Waals surface area contributed by atoms with Crippen molar-refractivity contribution in [2.45, 2.75) is 19.4 Å². The van der Waals surface area contributed by atoms with E-state index in [1.54, 1.807) is 26.4 Å². The average Bonchev–Trinajstić information content (AvgIpc) is 2.63. The fourth-order valence-electron chi connectivity index (χ4n) is 2.41. The van der Waals surface area contributed by atoms with Crippen molar-refractivity contribution < 1.29 is 13.9 Å². The van der Waals surface area contributed by atoms with Crippen LogP contribution in [-0.2, 0) is 13.0 Å². The molecule has 7 heteroatoms. The topological polar surface area (TPSA) is 68.9 Å². The number of nitrogens with two attached hydrogens (primary N) is 1. The Morgan fingerprint density at radius 3 is 2.54 bits per heavy atom. The highest BCUT2D eigenvalue weighted by Crippen LogP contribution is 2.27. The number of benzene rings is 2. The van der Waals surface area contributed by atoms with Crippen molar-refractivity contribution in [2.75, 3.05) is 20.8 Å². The van der Waals surface area contributed by atoms with Crippen molar-refractivity contribution in [2.24, 2.45) is 10.7 Å². The highest BCUT2D eigenvalue weighted by Gasteiger charge is 2.04. The largest absolute Gasteiger partial charge is 0.493 e. The molecule has 0 saturated heterocycles. The Hall–Kier alpha value is -2.03. The summed E-state index contributed by atoms with van der Waals surface area (Å²) in [7, 11) is 3.20. The maximum absolute atomic E-state index is 13.1. The minimum absolute atomic E-state index is 0. The molecule has 0 unspecified atom stereocenters. The molecule has 0 heterocycles. The number of halogens is 2. The van der Waals surface area contributed by atoms with Gasteiger partial charge >= 0.3 is 0 Å². The normalized spacial score (nSPS) is 10.8. The van der Waals surface area contributed by atoms with Crippen LogP contribution >= 0.6 is 24.0 Å². The third-order valence-electron chi connectivity index (χ3n) is 3.72. The van der Waals surface area contributed by atoms with Gasteiger partial charge in [0.1, 0.15) is 5.82 Å². The Morgan fingerprint density at radius 1 is 1.08 bits per heavy atom. The summed E-state index contributed by atoms with van der Waals surface area (Å²) in [5.41, 5.74) is 7.82. The summed E-state index contributed by atoms with van der Waals surface area (Å²) in [6, 6.07) is 12.3. The lowest BCUT2D eigenvalue weighted by molar-refractivity contribution is 0.354. The highest BCUT2D eigenvalue weighted by atomic mass is 127.